The van der Waals surface area contributed by atoms with Crippen molar-refractivity contribution in [1.29, 1.82) is 0 Å². The molecule has 0 aromatic heterocycles. The quantitative estimate of drug-likeness (QED) is 0.718. The second kappa shape index (κ2) is 8.96. The van der Waals surface area contributed by atoms with Crippen molar-refractivity contribution in [2.75, 3.05) is 31.6 Å². The molecule has 0 aliphatic carbocycles. The molecule has 1 fully saturated rings. The summed E-state index contributed by atoms with van der Waals surface area (Å²) in [5.74, 6) is -0.594. The minimum atomic E-state index is -4.56. The molecule has 2 rings (SSSR count). The normalized spacial score (nSPS) is 17.5. The van der Waals surface area contributed by atoms with Gasteiger partial charge in [-0.15, -0.1) is 0 Å². The maximum Gasteiger partial charge on any atom is 0.418 e. The summed E-state index contributed by atoms with van der Waals surface area (Å²) in [5.41, 5.74) is -0.993. The van der Waals surface area contributed by atoms with Crippen molar-refractivity contribution >= 4 is 17.7 Å². The molecule has 1 aromatic rings. The molecule has 150 valence electrons. The number of alkyl halides is 3. The van der Waals surface area contributed by atoms with E-state index in [0.717, 1.165) is 31.0 Å². The van der Waals surface area contributed by atoms with Crippen LogP contribution in [0.5, 0.6) is 0 Å². The second-order valence-electron chi connectivity index (χ2n) is 6.43. The predicted octanol–water partition coefficient (Wildman–Crippen LogP) is 4.07. The van der Waals surface area contributed by atoms with E-state index in [1.54, 1.807) is 6.92 Å². The first-order valence-corrected chi connectivity index (χ1v) is 8.82. The Hall–Kier alpha value is -2.45. The number of rotatable bonds is 6. The van der Waals surface area contributed by atoms with Crippen LogP contribution in [0.3, 0.4) is 0 Å². The summed E-state index contributed by atoms with van der Waals surface area (Å²) in [6.07, 6.45) is -3.43. The summed E-state index contributed by atoms with van der Waals surface area (Å²) in [7, 11) is 0. The molecule has 0 radical (unpaired) electrons. The number of carbonyl (C=O) groups is 2. The molecule has 1 aromatic carbocycles. The maximum atomic E-state index is 13.2. The monoisotopic (exact) mass is 388 g/mol. The maximum absolute atomic E-state index is 13.2. The van der Waals surface area contributed by atoms with Crippen molar-refractivity contribution in [2.45, 2.75) is 32.4 Å². The van der Waals surface area contributed by atoms with Crippen molar-refractivity contribution in [3.8, 4) is 0 Å². The van der Waals surface area contributed by atoms with Gasteiger partial charge in [0.1, 0.15) is 0 Å². The molecular weight excluding hydrogens is 365 g/mol. The molecule has 6 nitrogen and oxygen atoms in total. The van der Waals surface area contributed by atoms with Crippen molar-refractivity contribution in [1.82, 2.24) is 4.90 Å². The van der Waals surface area contributed by atoms with E-state index in [4.69, 9.17) is 9.84 Å². The molecule has 2 N–H and O–H groups in total. The van der Waals surface area contributed by atoms with Gasteiger partial charge in [0.25, 0.3) is 0 Å². The van der Waals surface area contributed by atoms with Crippen LogP contribution in [0.15, 0.2) is 18.2 Å². The summed E-state index contributed by atoms with van der Waals surface area (Å²) in [4.78, 5) is 24.2. The third-order valence-electron chi connectivity index (χ3n) is 4.49. The molecule has 1 aliphatic heterocycles. The van der Waals surface area contributed by atoms with E-state index in [2.05, 4.69) is 5.32 Å². The fourth-order valence-electron chi connectivity index (χ4n) is 3.16. The number of amides is 1. The number of piperidine rings is 1. The van der Waals surface area contributed by atoms with Gasteiger partial charge in [-0.2, -0.15) is 13.2 Å². The number of nitrogens with one attached hydrogen (secondary N) is 1. The predicted molar refractivity (Wildman–Crippen MR) is 92.8 cm³/mol. The second-order valence-corrected chi connectivity index (χ2v) is 6.43. The van der Waals surface area contributed by atoms with E-state index in [0.29, 0.717) is 19.5 Å². The van der Waals surface area contributed by atoms with Crippen LogP contribution in [0.4, 0.5) is 23.7 Å². The van der Waals surface area contributed by atoms with Gasteiger partial charge in [-0.05, 0) is 50.3 Å². The lowest BCUT2D eigenvalue weighted by Crippen LogP contribution is -2.39. The summed E-state index contributed by atoms with van der Waals surface area (Å²) in [6.45, 7) is 2.86. The number of nitrogens with zero attached hydrogens (tertiary/aromatic N) is 1. The highest BCUT2D eigenvalue weighted by molar-refractivity contribution is 5.91. The van der Waals surface area contributed by atoms with Crippen LogP contribution >= 0.6 is 0 Å². The Bertz CT molecular complexity index is 679. The Morgan fingerprint density at radius 3 is 2.74 bits per heavy atom. The number of anilines is 1. The fourth-order valence-corrected chi connectivity index (χ4v) is 3.16. The summed E-state index contributed by atoms with van der Waals surface area (Å²) in [5, 5.41) is 11.8. The van der Waals surface area contributed by atoms with E-state index in [1.165, 1.54) is 4.90 Å². The number of hydrogen-bond acceptors (Lipinski definition) is 4. The standard InChI is InChI=1S/C18H23F3N2O4/c1-2-27-16(24)13-5-6-14(18(19,20)21)15(10-13)22-8-7-12-4-3-9-23(11-12)17(25)26/h5-6,10,12,22H,2-4,7-9,11H2,1H3,(H,25,26). The SMILES string of the molecule is CCOC(=O)c1ccc(C(F)(F)F)c(NCCC2CCCN(C(=O)O)C2)c1. The molecule has 0 saturated carbocycles. The summed E-state index contributed by atoms with van der Waals surface area (Å²) in [6, 6.07) is 3.10. The van der Waals surface area contributed by atoms with E-state index >= 15 is 0 Å². The van der Waals surface area contributed by atoms with E-state index in [1.807, 2.05) is 0 Å². The minimum absolute atomic E-state index is 0.0436. The van der Waals surface area contributed by atoms with Crippen LogP contribution in [0.25, 0.3) is 0 Å². The Morgan fingerprint density at radius 1 is 1.37 bits per heavy atom. The van der Waals surface area contributed by atoms with Gasteiger partial charge in [0, 0.05) is 25.3 Å². The van der Waals surface area contributed by atoms with Crippen LogP contribution < -0.4 is 5.32 Å². The highest BCUT2D eigenvalue weighted by atomic mass is 19.4. The van der Waals surface area contributed by atoms with Crippen molar-refractivity contribution in [3.05, 3.63) is 29.3 Å². The molecule has 1 atom stereocenters. The van der Waals surface area contributed by atoms with Crippen molar-refractivity contribution in [2.24, 2.45) is 5.92 Å². The number of benzene rings is 1. The Kier molecular flexibility index (Phi) is 6.92. The molecule has 1 heterocycles. The zero-order chi connectivity index (χ0) is 20.0. The first-order valence-electron chi connectivity index (χ1n) is 8.82. The fraction of sp³-hybridized carbons (Fsp3) is 0.556. The number of ether oxygens (including phenoxy) is 1. The number of likely N-dealkylation sites (tertiary alicyclic amines) is 1. The van der Waals surface area contributed by atoms with Gasteiger partial charge in [0.2, 0.25) is 0 Å². The minimum Gasteiger partial charge on any atom is -0.465 e. The molecule has 9 heteroatoms. The number of carboxylic acid groups (broad SMARTS) is 1. The van der Waals surface area contributed by atoms with E-state index in [9.17, 15) is 22.8 Å². The topological polar surface area (TPSA) is 78.9 Å². The van der Waals surface area contributed by atoms with Crippen LogP contribution in [0.2, 0.25) is 0 Å². The van der Waals surface area contributed by atoms with Gasteiger partial charge >= 0.3 is 18.2 Å². The zero-order valence-corrected chi connectivity index (χ0v) is 15.0. The average molecular weight is 388 g/mol. The third kappa shape index (κ3) is 5.77. The number of halogens is 3. The van der Waals surface area contributed by atoms with Crippen LogP contribution in [-0.4, -0.2) is 48.3 Å². The summed E-state index contributed by atoms with van der Waals surface area (Å²) < 4.78 is 44.5. The lowest BCUT2D eigenvalue weighted by Gasteiger charge is -2.30. The number of hydrogen-bond donors (Lipinski definition) is 2. The molecule has 1 amide bonds. The number of carbonyl (C=O) groups excluding carboxylic acids is 1. The van der Waals surface area contributed by atoms with Gasteiger partial charge in [-0.25, -0.2) is 9.59 Å². The van der Waals surface area contributed by atoms with Crippen molar-refractivity contribution < 1.29 is 32.6 Å². The molecular formula is C18H23F3N2O4. The Balaban J connectivity index is 2.05. The van der Waals surface area contributed by atoms with Gasteiger partial charge in [-0.3, -0.25) is 0 Å². The Morgan fingerprint density at radius 2 is 2.11 bits per heavy atom. The van der Waals surface area contributed by atoms with Crippen LogP contribution in [0.1, 0.15) is 42.1 Å². The first-order chi connectivity index (χ1) is 12.7. The van der Waals surface area contributed by atoms with Gasteiger partial charge in [0.05, 0.1) is 17.7 Å². The highest BCUT2D eigenvalue weighted by Crippen LogP contribution is 2.35. The molecule has 1 saturated heterocycles. The van der Waals surface area contributed by atoms with Crippen LogP contribution in [-0.2, 0) is 10.9 Å². The lowest BCUT2D eigenvalue weighted by molar-refractivity contribution is -0.137. The number of esters is 1. The molecule has 1 aliphatic rings. The largest absolute Gasteiger partial charge is 0.465 e. The first kappa shape index (κ1) is 20.9. The van der Waals surface area contributed by atoms with Gasteiger partial charge in [-0.1, -0.05) is 0 Å². The zero-order valence-electron chi connectivity index (χ0n) is 15.0. The molecule has 0 bridgehead atoms. The lowest BCUT2D eigenvalue weighted by atomic mass is 9.95. The Labute approximate surface area is 155 Å². The third-order valence-corrected chi connectivity index (χ3v) is 4.49. The van der Waals surface area contributed by atoms with Gasteiger partial charge in [0.15, 0.2) is 0 Å². The van der Waals surface area contributed by atoms with Crippen LogP contribution in [0, 0.1) is 5.92 Å². The van der Waals surface area contributed by atoms with Crippen molar-refractivity contribution in [3.63, 3.8) is 0 Å². The molecule has 1 unspecified atom stereocenters. The molecule has 0 spiro atoms. The smallest absolute Gasteiger partial charge is 0.418 e. The van der Waals surface area contributed by atoms with E-state index in [-0.39, 0.29) is 30.3 Å². The molecule has 27 heavy (non-hydrogen) atoms. The highest BCUT2D eigenvalue weighted by Gasteiger charge is 2.34. The van der Waals surface area contributed by atoms with Gasteiger partial charge < -0.3 is 20.1 Å². The average Bonchev–Trinajstić information content (AvgIpc) is 2.61. The van der Waals surface area contributed by atoms with E-state index < -0.39 is 23.8 Å². The summed E-state index contributed by atoms with van der Waals surface area (Å²) >= 11 is 0.